The summed E-state index contributed by atoms with van der Waals surface area (Å²) in [5, 5.41) is 13.4. The minimum atomic E-state index is -2.34. The summed E-state index contributed by atoms with van der Waals surface area (Å²) >= 11 is 0. The van der Waals surface area contributed by atoms with E-state index in [4.69, 9.17) is 5.11 Å². The molecule has 1 aliphatic rings. The van der Waals surface area contributed by atoms with Crippen LogP contribution in [0.1, 0.15) is 40.5 Å². The van der Waals surface area contributed by atoms with Gasteiger partial charge >= 0.3 is 5.97 Å². The third-order valence-electron chi connectivity index (χ3n) is 3.74. The molecule has 0 bridgehead atoms. The summed E-state index contributed by atoms with van der Waals surface area (Å²) in [6.07, 6.45) is 0.601. The topological polar surface area (TPSA) is 95.5 Å². The predicted octanol–water partition coefficient (Wildman–Crippen LogP) is 1.34. The lowest BCUT2D eigenvalue weighted by Gasteiger charge is -2.33. The van der Waals surface area contributed by atoms with E-state index in [0.29, 0.717) is 13.0 Å². The van der Waals surface area contributed by atoms with E-state index in [1.807, 2.05) is 0 Å². The molecule has 1 aliphatic heterocycles. The first-order valence-electron chi connectivity index (χ1n) is 6.80. The smallest absolute Gasteiger partial charge is 0.339 e. The SMILES string of the molecule is C[C@]1(NC(=O)c2c(F)c(F)c(F)c(F)c2C(=O)O)CCCNC1=O. The Morgan fingerprint density at radius 1 is 1.08 bits per heavy atom. The highest BCUT2D eigenvalue weighted by molar-refractivity contribution is 6.07. The molecule has 1 aromatic rings. The minimum Gasteiger partial charge on any atom is -0.478 e. The number of halogens is 4. The molecule has 2 amide bonds. The van der Waals surface area contributed by atoms with E-state index in [0.717, 1.165) is 0 Å². The van der Waals surface area contributed by atoms with Gasteiger partial charge in [0.1, 0.15) is 11.1 Å². The maximum atomic E-state index is 13.9. The van der Waals surface area contributed by atoms with Crippen LogP contribution < -0.4 is 10.6 Å². The molecule has 1 atom stereocenters. The Bertz CT molecular complexity index is 753. The third-order valence-corrected chi connectivity index (χ3v) is 3.74. The van der Waals surface area contributed by atoms with Crippen molar-refractivity contribution in [3.05, 3.63) is 34.4 Å². The Morgan fingerprint density at radius 3 is 2.12 bits per heavy atom. The fourth-order valence-electron chi connectivity index (χ4n) is 2.43. The number of aromatic carboxylic acids is 1. The molecule has 0 aliphatic carbocycles. The van der Waals surface area contributed by atoms with Crippen LogP contribution in [0, 0.1) is 23.3 Å². The molecule has 0 unspecified atom stereocenters. The Labute approximate surface area is 132 Å². The van der Waals surface area contributed by atoms with Crippen molar-refractivity contribution in [2.75, 3.05) is 6.54 Å². The van der Waals surface area contributed by atoms with Crippen LogP contribution >= 0.6 is 0 Å². The predicted molar refractivity (Wildman–Crippen MR) is 71.3 cm³/mol. The molecule has 1 saturated heterocycles. The molecular formula is C14H12F4N2O4. The van der Waals surface area contributed by atoms with Crippen molar-refractivity contribution in [1.82, 2.24) is 10.6 Å². The number of benzene rings is 1. The number of rotatable bonds is 3. The van der Waals surface area contributed by atoms with Crippen molar-refractivity contribution in [3.8, 4) is 0 Å². The Hall–Kier alpha value is -2.65. The van der Waals surface area contributed by atoms with Crippen molar-refractivity contribution in [2.24, 2.45) is 0 Å². The molecular weight excluding hydrogens is 336 g/mol. The summed E-state index contributed by atoms with van der Waals surface area (Å²) in [5.74, 6) is -13.3. The van der Waals surface area contributed by atoms with Crippen LogP contribution in [-0.4, -0.2) is 35.0 Å². The molecule has 6 nitrogen and oxygen atoms in total. The number of amides is 2. The molecule has 3 N–H and O–H groups in total. The largest absolute Gasteiger partial charge is 0.478 e. The van der Waals surface area contributed by atoms with Crippen molar-refractivity contribution >= 4 is 17.8 Å². The van der Waals surface area contributed by atoms with E-state index in [-0.39, 0.29) is 6.42 Å². The van der Waals surface area contributed by atoms with Crippen molar-refractivity contribution in [3.63, 3.8) is 0 Å². The van der Waals surface area contributed by atoms with Crippen LogP contribution in [-0.2, 0) is 4.79 Å². The van der Waals surface area contributed by atoms with Gasteiger partial charge in [-0.15, -0.1) is 0 Å². The second kappa shape index (κ2) is 6.10. The quantitative estimate of drug-likeness (QED) is 0.436. The summed E-state index contributed by atoms with van der Waals surface area (Å²) in [6.45, 7) is 1.63. The standard InChI is InChI=1S/C14H12F4N2O4/c1-14(3-2-4-19-13(14)24)20-11(21)5-6(12(22)23)8(16)10(18)9(17)7(5)15/h2-4H2,1H3,(H,19,24)(H,20,21)(H,22,23)/t14-/m0/s1. The number of carboxylic acids is 1. The van der Waals surface area contributed by atoms with E-state index >= 15 is 0 Å². The zero-order valence-electron chi connectivity index (χ0n) is 12.3. The molecule has 130 valence electrons. The number of hydrogen-bond donors (Lipinski definition) is 3. The monoisotopic (exact) mass is 348 g/mol. The van der Waals surface area contributed by atoms with Crippen molar-refractivity contribution in [2.45, 2.75) is 25.3 Å². The number of hydrogen-bond acceptors (Lipinski definition) is 3. The van der Waals surface area contributed by atoms with Gasteiger partial charge in [-0.1, -0.05) is 0 Å². The molecule has 0 radical (unpaired) electrons. The van der Waals surface area contributed by atoms with Gasteiger partial charge in [0, 0.05) is 6.54 Å². The maximum absolute atomic E-state index is 13.9. The molecule has 10 heteroatoms. The van der Waals surface area contributed by atoms with Gasteiger partial charge < -0.3 is 15.7 Å². The van der Waals surface area contributed by atoms with Crippen LogP contribution in [0.3, 0.4) is 0 Å². The van der Waals surface area contributed by atoms with E-state index in [9.17, 15) is 31.9 Å². The first-order chi connectivity index (χ1) is 11.1. The Balaban J connectivity index is 2.53. The maximum Gasteiger partial charge on any atom is 0.339 e. The van der Waals surface area contributed by atoms with E-state index in [1.165, 1.54) is 6.92 Å². The van der Waals surface area contributed by atoms with Crippen LogP contribution in [0.15, 0.2) is 0 Å². The lowest BCUT2D eigenvalue weighted by Crippen LogP contribution is -2.59. The average molecular weight is 348 g/mol. The van der Waals surface area contributed by atoms with E-state index < -0.39 is 57.7 Å². The Kier molecular flexibility index (Phi) is 4.50. The average Bonchev–Trinajstić information content (AvgIpc) is 2.51. The van der Waals surface area contributed by atoms with Gasteiger partial charge in [0.2, 0.25) is 5.91 Å². The molecule has 0 spiro atoms. The highest BCUT2D eigenvalue weighted by Crippen LogP contribution is 2.26. The number of carboxylic acid groups (broad SMARTS) is 1. The fraction of sp³-hybridized carbons (Fsp3) is 0.357. The third kappa shape index (κ3) is 2.79. The second-order valence-corrected chi connectivity index (χ2v) is 5.46. The number of nitrogens with one attached hydrogen (secondary N) is 2. The van der Waals surface area contributed by atoms with Gasteiger partial charge in [0.05, 0.1) is 5.56 Å². The molecule has 2 rings (SSSR count). The van der Waals surface area contributed by atoms with Gasteiger partial charge in [-0.05, 0) is 19.8 Å². The van der Waals surface area contributed by atoms with Crippen LogP contribution in [0.25, 0.3) is 0 Å². The highest BCUT2D eigenvalue weighted by atomic mass is 19.2. The fourth-order valence-corrected chi connectivity index (χ4v) is 2.43. The summed E-state index contributed by atoms with van der Waals surface area (Å²) in [7, 11) is 0. The number of carbonyl (C=O) groups is 3. The molecule has 24 heavy (non-hydrogen) atoms. The van der Waals surface area contributed by atoms with Crippen LogP contribution in [0.4, 0.5) is 17.6 Å². The van der Waals surface area contributed by atoms with Gasteiger partial charge in [-0.2, -0.15) is 0 Å². The first-order valence-corrected chi connectivity index (χ1v) is 6.80. The molecule has 0 aromatic heterocycles. The zero-order chi connectivity index (χ0) is 18.2. The summed E-state index contributed by atoms with van der Waals surface area (Å²) in [5.41, 5.74) is -4.69. The van der Waals surface area contributed by atoms with Gasteiger partial charge in [-0.3, -0.25) is 9.59 Å². The number of carbonyl (C=O) groups excluding carboxylic acids is 2. The van der Waals surface area contributed by atoms with Gasteiger partial charge in [0.25, 0.3) is 5.91 Å². The van der Waals surface area contributed by atoms with Crippen LogP contribution in [0.2, 0.25) is 0 Å². The first kappa shape index (κ1) is 17.7. The minimum absolute atomic E-state index is 0.140. The van der Waals surface area contributed by atoms with Crippen LogP contribution in [0.5, 0.6) is 0 Å². The zero-order valence-corrected chi connectivity index (χ0v) is 12.3. The molecule has 0 saturated carbocycles. The molecule has 1 fully saturated rings. The second-order valence-electron chi connectivity index (χ2n) is 5.46. The normalized spacial score (nSPS) is 20.5. The molecule has 1 heterocycles. The summed E-state index contributed by atoms with van der Waals surface area (Å²) in [4.78, 5) is 35.0. The number of piperidine rings is 1. The lowest BCUT2D eigenvalue weighted by molar-refractivity contribution is -0.128. The Morgan fingerprint density at radius 2 is 1.62 bits per heavy atom. The van der Waals surface area contributed by atoms with Gasteiger partial charge in [-0.25, -0.2) is 22.4 Å². The molecule has 1 aromatic carbocycles. The summed E-state index contributed by atoms with van der Waals surface area (Å²) in [6, 6.07) is 0. The lowest BCUT2D eigenvalue weighted by atomic mass is 9.90. The van der Waals surface area contributed by atoms with E-state index in [2.05, 4.69) is 10.6 Å². The van der Waals surface area contributed by atoms with Crippen molar-refractivity contribution in [1.29, 1.82) is 0 Å². The summed E-state index contributed by atoms with van der Waals surface area (Å²) < 4.78 is 54.1. The highest BCUT2D eigenvalue weighted by Gasteiger charge is 2.40. The van der Waals surface area contributed by atoms with E-state index in [1.54, 1.807) is 0 Å². The van der Waals surface area contributed by atoms with Crippen molar-refractivity contribution < 1.29 is 37.1 Å². The van der Waals surface area contributed by atoms with Gasteiger partial charge in [0.15, 0.2) is 23.3 Å².